The molecule has 16 heavy (non-hydrogen) atoms. The van der Waals surface area contributed by atoms with Crippen LogP contribution in [0.5, 0.6) is 0 Å². The number of benzene rings is 1. The van der Waals surface area contributed by atoms with Crippen LogP contribution in [-0.2, 0) is 6.54 Å². The first-order valence-corrected chi connectivity index (χ1v) is 5.30. The van der Waals surface area contributed by atoms with Crippen LogP contribution in [0, 0.1) is 11.3 Å². The third-order valence-corrected chi connectivity index (χ3v) is 2.70. The molecule has 0 N–H and O–H groups in total. The lowest BCUT2D eigenvalue weighted by Gasteiger charge is -1.99. The summed E-state index contributed by atoms with van der Waals surface area (Å²) in [7, 11) is 0. The molecule has 0 bridgehead atoms. The second-order valence-electron chi connectivity index (χ2n) is 3.46. The average Bonchev–Trinajstić information content (AvgIpc) is 2.33. The van der Waals surface area contributed by atoms with Gasteiger partial charge in [-0.1, -0.05) is 29.8 Å². The van der Waals surface area contributed by atoms with Crippen LogP contribution in [0.15, 0.2) is 48.8 Å². The van der Waals surface area contributed by atoms with Crippen molar-refractivity contribution in [3.8, 4) is 6.07 Å². The van der Waals surface area contributed by atoms with Crippen molar-refractivity contribution in [3.05, 3.63) is 64.9 Å². The third kappa shape index (κ3) is 2.39. The summed E-state index contributed by atoms with van der Waals surface area (Å²) in [5.41, 5.74) is 1.73. The van der Waals surface area contributed by atoms with Gasteiger partial charge in [-0.15, -0.1) is 0 Å². The maximum Gasteiger partial charge on any atom is 0.175 e. The second-order valence-corrected chi connectivity index (χ2v) is 3.87. The number of nitrogens with zero attached hydrogens (tertiary/aromatic N) is 2. The lowest BCUT2D eigenvalue weighted by Crippen LogP contribution is -2.33. The molecule has 2 nitrogen and oxygen atoms in total. The Bertz CT molecular complexity index is 526. The Morgan fingerprint density at radius 3 is 2.44 bits per heavy atom. The second kappa shape index (κ2) is 4.78. The highest BCUT2D eigenvalue weighted by Gasteiger charge is 2.05. The lowest BCUT2D eigenvalue weighted by molar-refractivity contribution is -0.688. The SMILES string of the molecule is N#Cc1cc[n+](Cc2ccccc2Cl)cc1. The van der Waals surface area contributed by atoms with Gasteiger partial charge in [-0.3, -0.25) is 0 Å². The maximum absolute atomic E-state index is 8.68. The molecule has 1 aromatic carbocycles. The van der Waals surface area contributed by atoms with Gasteiger partial charge in [0.05, 0.1) is 16.7 Å². The van der Waals surface area contributed by atoms with Crippen molar-refractivity contribution in [3.63, 3.8) is 0 Å². The van der Waals surface area contributed by atoms with E-state index in [0.717, 1.165) is 10.6 Å². The monoisotopic (exact) mass is 229 g/mol. The number of hydrogen-bond acceptors (Lipinski definition) is 1. The standard InChI is InChI=1S/C13H10ClN2/c14-13-4-2-1-3-12(13)10-16-7-5-11(9-15)6-8-16/h1-8H,10H2/q+1. The smallest absolute Gasteiger partial charge is 0.175 e. The third-order valence-electron chi connectivity index (χ3n) is 2.33. The van der Waals surface area contributed by atoms with Gasteiger partial charge in [0, 0.05) is 17.7 Å². The zero-order chi connectivity index (χ0) is 11.4. The van der Waals surface area contributed by atoms with Gasteiger partial charge in [0.15, 0.2) is 18.9 Å². The van der Waals surface area contributed by atoms with Crippen LogP contribution in [-0.4, -0.2) is 0 Å². The molecule has 1 aromatic heterocycles. The molecule has 0 saturated heterocycles. The van der Waals surface area contributed by atoms with E-state index < -0.39 is 0 Å². The first kappa shape index (κ1) is 10.7. The molecule has 3 heteroatoms. The average molecular weight is 230 g/mol. The Morgan fingerprint density at radius 2 is 1.81 bits per heavy atom. The Balaban J connectivity index is 2.22. The number of rotatable bonds is 2. The van der Waals surface area contributed by atoms with Crippen LogP contribution >= 0.6 is 11.6 Å². The number of nitriles is 1. The highest BCUT2D eigenvalue weighted by atomic mass is 35.5. The molecule has 78 valence electrons. The van der Waals surface area contributed by atoms with E-state index >= 15 is 0 Å². The minimum atomic E-state index is 0.662. The number of aromatic nitrogens is 1. The highest BCUT2D eigenvalue weighted by Crippen LogP contribution is 2.14. The molecule has 0 fully saturated rings. The predicted octanol–water partition coefficient (Wildman–Crippen LogP) is 2.55. The zero-order valence-electron chi connectivity index (χ0n) is 8.60. The van der Waals surface area contributed by atoms with E-state index in [0.29, 0.717) is 12.1 Å². The molecule has 0 saturated carbocycles. The van der Waals surface area contributed by atoms with Gasteiger partial charge < -0.3 is 0 Å². The van der Waals surface area contributed by atoms with Crippen LogP contribution in [0.1, 0.15) is 11.1 Å². The molecule has 0 aliphatic heterocycles. The van der Waals surface area contributed by atoms with Crippen LogP contribution in [0.25, 0.3) is 0 Å². The summed E-state index contributed by atoms with van der Waals surface area (Å²) in [5, 5.41) is 9.45. The Hall–Kier alpha value is -1.85. The summed E-state index contributed by atoms with van der Waals surface area (Å²) >= 11 is 6.07. The van der Waals surface area contributed by atoms with Crippen molar-refractivity contribution in [2.75, 3.05) is 0 Å². The van der Waals surface area contributed by atoms with E-state index in [2.05, 4.69) is 6.07 Å². The minimum Gasteiger partial charge on any atom is -0.201 e. The van der Waals surface area contributed by atoms with E-state index in [-0.39, 0.29) is 0 Å². The quantitative estimate of drug-likeness (QED) is 0.728. The lowest BCUT2D eigenvalue weighted by atomic mass is 10.2. The van der Waals surface area contributed by atoms with E-state index in [1.165, 1.54) is 0 Å². The van der Waals surface area contributed by atoms with Crippen molar-refractivity contribution in [1.82, 2.24) is 0 Å². The predicted molar refractivity (Wildman–Crippen MR) is 61.9 cm³/mol. The summed E-state index contributed by atoms with van der Waals surface area (Å²) < 4.78 is 1.99. The Kier molecular flexibility index (Phi) is 3.19. The fourth-order valence-electron chi connectivity index (χ4n) is 1.46. The normalized spacial score (nSPS) is 9.75. The van der Waals surface area contributed by atoms with Crippen LogP contribution in [0.2, 0.25) is 5.02 Å². The zero-order valence-corrected chi connectivity index (χ0v) is 9.35. The largest absolute Gasteiger partial charge is 0.201 e. The van der Waals surface area contributed by atoms with Gasteiger partial charge in [-0.2, -0.15) is 5.26 Å². The molecule has 2 rings (SSSR count). The molecule has 0 radical (unpaired) electrons. The van der Waals surface area contributed by atoms with Gasteiger partial charge >= 0.3 is 0 Å². The number of hydrogen-bond donors (Lipinski definition) is 0. The number of pyridine rings is 1. The minimum absolute atomic E-state index is 0.662. The topological polar surface area (TPSA) is 27.7 Å². The summed E-state index contributed by atoms with van der Waals surface area (Å²) in [6.45, 7) is 0.714. The van der Waals surface area contributed by atoms with Crippen molar-refractivity contribution in [2.24, 2.45) is 0 Å². The van der Waals surface area contributed by atoms with Gasteiger partial charge in [-0.25, -0.2) is 4.57 Å². The molecule has 0 spiro atoms. The fourth-order valence-corrected chi connectivity index (χ4v) is 1.66. The van der Waals surface area contributed by atoms with Gasteiger partial charge in [-0.05, 0) is 6.07 Å². The van der Waals surface area contributed by atoms with Crippen LogP contribution in [0.4, 0.5) is 0 Å². The van der Waals surface area contributed by atoms with Crippen molar-refractivity contribution < 1.29 is 4.57 Å². The van der Waals surface area contributed by atoms with Crippen LogP contribution in [0.3, 0.4) is 0 Å². The van der Waals surface area contributed by atoms with E-state index in [1.807, 2.05) is 41.2 Å². The molecule has 0 aliphatic rings. The first-order chi connectivity index (χ1) is 7.79. The first-order valence-electron chi connectivity index (χ1n) is 4.92. The van der Waals surface area contributed by atoms with Gasteiger partial charge in [0.2, 0.25) is 0 Å². The molecule has 0 atom stereocenters. The molecule has 2 aromatic rings. The number of halogens is 1. The van der Waals surface area contributed by atoms with Crippen molar-refractivity contribution in [1.29, 1.82) is 5.26 Å². The molecule has 0 unspecified atom stereocenters. The fraction of sp³-hybridized carbons (Fsp3) is 0.0769. The van der Waals surface area contributed by atoms with Gasteiger partial charge in [0.25, 0.3) is 0 Å². The molecular weight excluding hydrogens is 220 g/mol. The Labute approximate surface area is 99.3 Å². The van der Waals surface area contributed by atoms with Crippen molar-refractivity contribution >= 4 is 11.6 Å². The summed E-state index contributed by atoms with van der Waals surface area (Å²) in [4.78, 5) is 0. The highest BCUT2D eigenvalue weighted by molar-refractivity contribution is 6.31. The molecule has 0 amide bonds. The molecule has 0 aliphatic carbocycles. The molecule has 1 heterocycles. The van der Waals surface area contributed by atoms with Gasteiger partial charge in [0.1, 0.15) is 0 Å². The summed E-state index contributed by atoms with van der Waals surface area (Å²) in [6, 6.07) is 13.4. The van der Waals surface area contributed by atoms with E-state index in [9.17, 15) is 0 Å². The van der Waals surface area contributed by atoms with E-state index in [1.54, 1.807) is 12.1 Å². The van der Waals surface area contributed by atoms with Crippen molar-refractivity contribution in [2.45, 2.75) is 6.54 Å². The summed E-state index contributed by atoms with van der Waals surface area (Å²) in [5.74, 6) is 0. The van der Waals surface area contributed by atoms with Crippen LogP contribution < -0.4 is 4.57 Å². The maximum atomic E-state index is 8.68. The summed E-state index contributed by atoms with van der Waals surface area (Å²) in [6.07, 6.45) is 3.75. The van der Waals surface area contributed by atoms with E-state index in [4.69, 9.17) is 16.9 Å². The Morgan fingerprint density at radius 1 is 1.12 bits per heavy atom. The molecular formula is C13H10ClN2+.